The molecule has 94 valence electrons. The summed E-state index contributed by atoms with van der Waals surface area (Å²) in [6.07, 6.45) is -1.59. The predicted molar refractivity (Wildman–Crippen MR) is 61.3 cm³/mol. The third-order valence-corrected chi connectivity index (χ3v) is 2.64. The lowest BCUT2D eigenvalue weighted by Crippen LogP contribution is -2.12. The summed E-state index contributed by atoms with van der Waals surface area (Å²) in [7, 11) is 0. The van der Waals surface area contributed by atoms with Crippen LogP contribution >= 0.6 is 0 Å². The Morgan fingerprint density at radius 3 is 2.24 bits per heavy atom. The number of alkyl halides is 2. The number of hydrogen-bond acceptors (Lipinski definition) is 1. The van der Waals surface area contributed by atoms with Crippen LogP contribution in [0.25, 0.3) is 0 Å². The Morgan fingerprint density at radius 2 is 1.76 bits per heavy atom. The molecule has 1 aromatic rings. The molecule has 0 aromatic heterocycles. The van der Waals surface area contributed by atoms with Crippen LogP contribution < -0.4 is 0 Å². The van der Waals surface area contributed by atoms with Crippen molar-refractivity contribution in [3.05, 3.63) is 35.4 Å². The van der Waals surface area contributed by atoms with Gasteiger partial charge in [-0.2, -0.15) is 0 Å². The van der Waals surface area contributed by atoms with Gasteiger partial charge in [-0.3, -0.25) is 4.79 Å². The fraction of sp³-hybridized carbons (Fsp3) is 0.462. The van der Waals surface area contributed by atoms with E-state index in [9.17, 15) is 13.6 Å². The number of aryl methyl sites for hydroxylation is 1. The normalized spacial score (nSPS) is 12.7. The van der Waals surface area contributed by atoms with E-state index >= 15 is 0 Å². The first kappa shape index (κ1) is 13.6. The van der Waals surface area contributed by atoms with Crippen LogP contribution in [0, 0.1) is 5.92 Å². The van der Waals surface area contributed by atoms with Crippen molar-refractivity contribution in [1.82, 2.24) is 0 Å². The van der Waals surface area contributed by atoms with E-state index in [1.54, 1.807) is 31.2 Å². The Kier molecular flexibility index (Phi) is 5.07. The third-order valence-electron chi connectivity index (χ3n) is 2.64. The molecule has 4 heteroatoms. The van der Waals surface area contributed by atoms with E-state index in [0.717, 1.165) is 11.1 Å². The summed E-state index contributed by atoms with van der Waals surface area (Å²) in [5.41, 5.74) is 1.78. The molecule has 0 heterocycles. The molecule has 0 saturated carbocycles. The van der Waals surface area contributed by atoms with E-state index in [1.807, 2.05) is 0 Å². The molecule has 0 saturated heterocycles. The van der Waals surface area contributed by atoms with Crippen molar-refractivity contribution in [3.8, 4) is 0 Å². The highest BCUT2D eigenvalue weighted by Gasteiger charge is 2.11. The van der Waals surface area contributed by atoms with Gasteiger partial charge in [0.15, 0.2) is 0 Å². The Hall–Kier alpha value is -1.45. The molecule has 0 bridgehead atoms. The topological polar surface area (TPSA) is 37.3 Å². The molecular weight excluding hydrogens is 226 g/mol. The number of carbonyl (C=O) groups is 1. The maximum absolute atomic E-state index is 12.0. The van der Waals surface area contributed by atoms with Crippen molar-refractivity contribution < 1.29 is 18.7 Å². The maximum atomic E-state index is 12.0. The van der Waals surface area contributed by atoms with Gasteiger partial charge >= 0.3 is 5.97 Å². The number of carboxylic acids is 1. The average Bonchev–Trinajstić information content (AvgIpc) is 2.28. The second-order valence-electron chi connectivity index (χ2n) is 4.19. The minimum atomic E-state index is -2.28. The molecular formula is C13H16F2O2. The van der Waals surface area contributed by atoms with Gasteiger partial charge in [0.05, 0.1) is 5.92 Å². The van der Waals surface area contributed by atoms with Gasteiger partial charge in [0.1, 0.15) is 0 Å². The van der Waals surface area contributed by atoms with E-state index in [0.29, 0.717) is 12.8 Å². The van der Waals surface area contributed by atoms with Crippen molar-refractivity contribution in [1.29, 1.82) is 0 Å². The average molecular weight is 242 g/mol. The van der Waals surface area contributed by atoms with Gasteiger partial charge in [-0.1, -0.05) is 31.2 Å². The van der Waals surface area contributed by atoms with Crippen molar-refractivity contribution in [2.24, 2.45) is 5.92 Å². The van der Waals surface area contributed by atoms with Crippen molar-refractivity contribution in [2.45, 2.75) is 32.6 Å². The summed E-state index contributed by atoms with van der Waals surface area (Å²) in [5, 5.41) is 8.76. The second-order valence-corrected chi connectivity index (χ2v) is 4.19. The van der Waals surface area contributed by atoms with Crippen LogP contribution in [-0.4, -0.2) is 17.5 Å². The molecule has 0 aliphatic carbocycles. The first-order valence-corrected chi connectivity index (χ1v) is 5.58. The molecule has 17 heavy (non-hydrogen) atoms. The lowest BCUT2D eigenvalue weighted by atomic mass is 9.99. The van der Waals surface area contributed by atoms with E-state index in [-0.39, 0.29) is 6.42 Å². The third kappa shape index (κ3) is 4.93. The first-order chi connectivity index (χ1) is 7.99. The molecule has 0 fully saturated rings. The van der Waals surface area contributed by atoms with Crippen LogP contribution in [-0.2, 0) is 17.6 Å². The number of benzene rings is 1. The Balaban J connectivity index is 2.53. The molecule has 0 aliphatic rings. The summed E-state index contributed by atoms with van der Waals surface area (Å²) in [6.45, 7) is 1.65. The number of carboxylic acid groups (broad SMARTS) is 1. The van der Waals surface area contributed by atoms with E-state index in [1.165, 1.54) is 0 Å². The van der Waals surface area contributed by atoms with Gasteiger partial charge < -0.3 is 5.11 Å². The summed E-state index contributed by atoms with van der Waals surface area (Å²) < 4.78 is 24.0. The molecule has 1 aromatic carbocycles. The predicted octanol–water partition coefficient (Wildman–Crippen LogP) is 3.15. The molecule has 0 radical (unpaired) electrons. The first-order valence-electron chi connectivity index (χ1n) is 5.58. The monoisotopic (exact) mass is 242 g/mol. The van der Waals surface area contributed by atoms with Crippen molar-refractivity contribution in [2.75, 3.05) is 0 Å². The fourth-order valence-corrected chi connectivity index (χ4v) is 1.56. The van der Waals surface area contributed by atoms with Crippen molar-refractivity contribution >= 4 is 5.97 Å². The molecule has 2 nitrogen and oxygen atoms in total. The molecule has 1 unspecified atom stereocenters. The Morgan fingerprint density at radius 1 is 1.24 bits per heavy atom. The maximum Gasteiger partial charge on any atom is 0.306 e. The van der Waals surface area contributed by atoms with Gasteiger partial charge in [0, 0.05) is 6.42 Å². The number of halogens is 2. The van der Waals surface area contributed by atoms with Gasteiger partial charge in [0.2, 0.25) is 6.43 Å². The van der Waals surface area contributed by atoms with Crippen molar-refractivity contribution in [3.63, 3.8) is 0 Å². The summed E-state index contributed by atoms with van der Waals surface area (Å²) in [6, 6.07) is 7.18. The molecule has 0 aliphatic heterocycles. The molecule has 0 amide bonds. The SMILES string of the molecule is CC(Cc1ccc(CCC(F)F)cc1)C(=O)O. The zero-order chi connectivity index (χ0) is 12.8. The number of aliphatic carboxylic acids is 1. The lowest BCUT2D eigenvalue weighted by Gasteiger charge is -2.07. The van der Waals surface area contributed by atoms with Gasteiger partial charge in [-0.05, 0) is 24.0 Å². The molecule has 1 rings (SSSR count). The second kappa shape index (κ2) is 6.33. The summed E-state index contributed by atoms with van der Waals surface area (Å²) in [5.74, 6) is -1.26. The van der Waals surface area contributed by atoms with Gasteiger partial charge in [0.25, 0.3) is 0 Å². The van der Waals surface area contributed by atoms with Crippen LogP contribution in [0.15, 0.2) is 24.3 Å². The highest BCUT2D eigenvalue weighted by molar-refractivity contribution is 5.69. The highest BCUT2D eigenvalue weighted by Crippen LogP contribution is 2.13. The van der Waals surface area contributed by atoms with E-state index in [4.69, 9.17) is 5.11 Å². The molecule has 0 spiro atoms. The minimum absolute atomic E-state index is 0.134. The Bertz CT molecular complexity index is 360. The quantitative estimate of drug-likeness (QED) is 0.832. The molecule has 1 N–H and O–H groups in total. The van der Waals surface area contributed by atoms with Crippen LogP contribution in [0.4, 0.5) is 8.78 Å². The van der Waals surface area contributed by atoms with E-state index in [2.05, 4.69) is 0 Å². The smallest absolute Gasteiger partial charge is 0.306 e. The minimum Gasteiger partial charge on any atom is -0.481 e. The van der Waals surface area contributed by atoms with Crippen LogP contribution in [0.1, 0.15) is 24.5 Å². The summed E-state index contributed by atoms with van der Waals surface area (Å²) >= 11 is 0. The number of hydrogen-bond donors (Lipinski definition) is 1. The van der Waals surface area contributed by atoms with Gasteiger partial charge in [-0.25, -0.2) is 8.78 Å². The van der Waals surface area contributed by atoms with E-state index < -0.39 is 18.3 Å². The Labute approximate surface area is 99.3 Å². The van der Waals surface area contributed by atoms with Crippen LogP contribution in [0.2, 0.25) is 0 Å². The van der Waals surface area contributed by atoms with Crippen LogP contribution in [0.3, 0.4) is 0 Å². The molecule has 1 atom stereocenters. The fourth-order valence-electron chi connectivity index (χ4n) is 1.56. The highest BCUT2D eigenvalue weighted by atomic mass is 19.3. The van der Waals surface area contributed by atoms with Crippen LogP contribution in [0.5, 0.6) is 0 Å². The summed E-state index contributed by atoms with van der Waals surface area (Å²) in [4.78, 5) is 10.7. The zero-order valence-electron chi connectivity index (χ0n) is 9.70. The zero-order valence-corrected chi connectivity index (χ0v) is 9.70. The lowest BCUT2D eigenvalue weighted by molar-refractivity contribution is -0.141. The van der Waals surface area contributed by atoms with Gasteiger partial charge in [-0.15, -0.1) is 0 Å². The standard InChI is InChI=1S/C13H16F2O2/c1-9(13(16)17)8-11-4-2-10(3-5-11)6-7-12(14)15/h2-5,9,12H,6-8H2,1H3,(H,16,17). The number of rotatable bonds is 6. The largest absolute Gasteiger partial charge is 0.481 e.